The van der Waals surface area contributed by atoms with Crippen molar-refractivity contribution in [1.82, 2.24) is 0 Å². The van der Waals surface area contributed by atoms with E-state index in [1.807, 2.05) is 0 Å². The Hall–Kier alpha value is -1.30. The van der Waals surface area contributed by atoms with E-state index >= 15 is 0 Å². The summed E-state index contributed by atoms with van der Waals surface area (Å²) in [7, 11) is 0. The van der Waals surface area contributed by atoms with Gasteiger partial charge in [0.25, 0.3) is 0 Å². The van der Waals surface area contributed by atoms with E-state index in [-0.39, 0.29) is 0 Å². The van der Waals surface area contributed by atoms with E-state index in [1.165, 1.54) is 0 Å². The molecule has 16 heavy (non-hydrogen) atoms. The third-order valence-corrected chi connectivity index (χ3v) is 2.11. The predicted molar refractivity (Wildman–Crippen MR) is 45.1 cm³/mol. The van der Waals surface area contributed by atoms with E-state index in [1.54, 1.807) is 0 Å². The summed E-state index contributed by atoms with van der Waals surface area (Å²) in [6, 6.07) is 1.25. The number of rotatable bonds is 2. The van der Waals surface area contributed by atoms with Crippen molar-refractivity contribution < 1.29 is 27.5 Å². The monoisotopic (exact) mass is 255 g/mol. The molecule has 0 unspecified atom stereocenters. The third kappa shape index (κ3) is 2.63. The fourth-order valence-corrected chi connectivity index (χ4v) is 1.35. The van der Waals surface area contributed by atoms with Crippen LogP contribution in [0.2, 0.25) is 5.02 Å². The second-order valence-corrected chi connectivity index (χ2v) is 3.34. The van der Waals surface area contributed by atoms with Crippen LogP contribution in [0.1, 0.15) is 11.1 Å². The lowest BCUT2D eigenvalue weighted by Gasteiger charge is -2.14. The van der Waals surface area contributed by atoms with Gasteiger partial charge in [-0.05, 0) is 12.1 Å². The zero-order valence-corrected chi connectivity index (χ0v) is 8.32. The van der Waals surface area contributed by atoms with Crippen LogP contribution in [0.3, 0.4) is 0 Å². The highest BCUT2D eigenvalue weighted by Gasteiger charge is 2.35. The largest absolute Gasteiger partial charge is 0.550 e. The van der Waals surface area contributed by atoms with Gasteiger partial charge in [0.15, 0.2) is 0 Å². The fourth-order valence-electron chi connectivity index (χ4n) is 1.18. The molecule has 0 aliphatic heterocycles. The van der Waals surface area contributed by atoms with Gasteiger partial charge in [0.2, 0.25) is 0 Å². The van der Waals surface area contributed by atoms with E-state index in [0.29, 0.717) is 6.07 Å². The zero-order valence-electron chi connectivity index (χ0n) is 7.57. The quantitative estimate of drug-likeness (QED) is 0.756. The Bertz CT molecular complexity index is 428. The van der Waals surface area contributed by atoms with Crippen molar-refractivity contribution in [1.29, 1.82) is 0 Å². The maximum atomic E-state index is 13.2. The molecule has 0 atom stereocenters. The summed E-state index contributed by atoms with van der Waals surface area (Å²) in [5, 5.41) is 9.66. The highest BCUT2D eigenvalue weighted by Crippen LogP contribution is 2.35. The van der Waals surface area contributed by atoms with Crippen molar-refractivity contribution in [3.8, 4) is 0 Å². The Morgan fingerprint density at radius 2 is 1.94 bits per heavy atom. The van der Waals surface area contributed by atoms with Gasteiger partial charge in [-0.25, -0.2) is 4.39 Å². The first kappa shape index (κ1) is 12.8. The van der Waals surface area contributed by atoms with Gasteiger partial charge >= 0.3 is 6.18 Å². The Balaban J connectivity index is 3.39. The van der Waals surface area contributed by atoms with Gasteiger partial charge in [-0.15, -0.1) is 0 Å². The molecular formula is C9H4ClF4O2-. The molecule has 1 rings (SSSR count). The molecule has 0 aliphatic carbocycles. The van der Waals surface area contributed by atoms with Gasteiger partial charge in [-0.1, -0.05) is 11.6 Å². The van der Waals surface area contributed by atoms with Gasteiger partial charge in [0, 0.05) is 18.0 Å². The van der Waals surface area contributed by atoms with Gasteiger partial charge in [-0.3, -0.25) is 0 Å². The molecule has 0 amide bonds. The number of hydrogen-bond donors (Lipinski definition) is 0. The number of benzene rings is 1. The molecule has 88 valence electrons. The smallest absolute Gasteiger partial charge is 0.416 e. The second kappa shape index (κ2) is 4.29. The van der Waals surface area contributed by atoms with Crippen molar-refractivity contribution >= 4 is 17.6 Å². The molecule has 0 saturated heterocycles. The molecule has 0 aliphatic rings. The highest BCUT2D eigenvalue weighted by molar-refractivity contribution is 6.30. The number of hydrogen-bond acceptors (Lipinski definition) is 2. The Kier molecular flexibility index (Phi) is 3.42. The van der Waals surface area contributed by atoms with E-state index in [2.05, 4.69) is 0 Å². The maximum Gasteiger partial charge on any atom is 0.416 e. The van der Waals surface area contributed by atoms with Gasteiger partial charge in [-0.2, -0.15) is 13.2 Å². The number of aliphatic carboxylic acids is 1. The lowest BCUT2D eigenvalue weighted by molar-refractivity contribution is -0.304. The first-order valence-corrected chi connectivity index (χ1v) is 4.35. The van der Waals surface area contributed by atoms with Crippen LogP contribution in [0.25, 0.3) is 0 Å². The third-order valence-electron chi connectivity index (χ3n) is 1.82. The predicted octanol–water partition coefficient (Wildman–Crippen LogP) is 1.79. The van der Waals surface area contributed by atoms with Crippen LogP contribution in [0.15, 0.2) is 12.1 Å². The standard InChI is InChI=1S/C9H5ClF4O2/c10-6-2-1-5(9(12,13)14)4(8(6)11)3-7(15)16/h1-2H,3H2,(H,15,16)/p-1. The van der Waals surface area contributed by atoms with Gasteiger partial charge < -0.3 is 9.90 Å². The summed E-state index contributed by atoms with van der Waals surface area (Å²) >= 11 is 5.26. The molecule has 0 radical (unpaired) electrons. The van der Waals surface area contributed by atoms with E-state index < -0.39 is 40.5 Å². The van der Waals surface area contributed by atoms with Crippen molar-refractivity contribution in [2.45, 2.75) is 12.6 Å². The number of carboxylic acids is 1. The van der Waals surface area contributed by atoms with E-state index in [4.69, 9.17) is 11.6 Å². The first-order valence-electron chi connectivity index (χ1n) is 3.97. The average Bonchev–Trinajstić information content (AvgIpc) is 2.10. The number of carbonyl (C=O) groups is 1. The Morgan fingerprint density at radius 3 is 2.38 bits per heavy atom. The van der Waals surface area contributed by atoms with Crippen LogP contribution in [0, 0.1) is 5.82 Å². The minimum Gasteiger partial charge on any atom is -0.550 e. The molecule has 0 fully saturated rings. The minimum absolute atomic E-state index is 0.531. The summed E-state index contributed by atoms with van der Waals surface area (Å²) < 4.78 is 50.4. The van der Waals surface area contributed by atoms with Crippen LogP contribution in [0.4, 0.5) is 17.6 Å². The molecule has 0 bridgehead atoms. The summed E-state index contributed by atoms with van der Waals surface area (Å²) in [6.45, 7) is 0. The van der Waals surface area contributed by atoms with Crippen LogP contribution in [-0.2, 0) is 17.4 Å². The summed E-state index contributed by atoms with van der Waals surface area (Å²) in [5.74, 6) is -3.20. The highest BCUT2D eigenvalue weighted by atomic mass is 35.5. The van der Waals surface area contributed by atoms with Gasteiger partial charge in [0.1, 0.15) is 5.82 Å². The van der Waals surface area contributed by atoms with Crippen LogP contribution >= 0.6 is 11.6 Å². The molecule has 0 spiro atoms. The van der Waals surface area contributed by atoms with Crippen molar-refractivity contribution in [2.24, 2.45) is 0 Å². The lowest BCUT2D eigenvalue weighted by atomic mass is 10.0. The molecule has 7 heteroatoms. The number of alkyl halides is 3. The second-order valence-electron chi connectivity index (χ2n) is 2.93. The van der Waals surface area contributed by atoms with Crippen molar-refractivity contribution in [2.75, 3.05) is 0 Å². The Morgan fingerprint density at radius 1 is 1.38 bits per heavy atom. The lowest BCUT2D eigenvalue weighted by Crippen LogP contribution is -2.26. The molecule has 0 heterocycles. The first-order chi connectivity index (χ1) is 7.23. The van der Waals surface area contributed by atoms with Crippen molar-refractivity contribution in [3.63, 3.8) is 0 Å². The number of halogens is 5. The topological polar surface area (TPSA) is 40.1 Å². The SMILES string of the molecule is O=C([O-])Cc1c(C(F)(F)F)ccc(Cl)c1F. The molecule has 0 aromatic heterocycles. The minimum atomic E-state index is -4.84. The summed E-state index contributed by atoms with van der Waals surface area (Å²) in [4.78, 5) is 10.2. The van der Waals surface area contributed by atoms with E-state index in [9.17, 15) is 27.5 Å². The zero-order chi connectivity index (χ0) is 12.5. The fraction of sp³-hybridized carbons (Fsp3) is 0.222. The van der Waals surface area contributed by atoms with Crippen molar-refractivity contribution in [3.05, 3.63) is 34.1 Å². The molecule has 0 N–H and O–H groups in total. The maximum absolute atomic E-state index is 13.2. The Labute approximate surface area is 92.4 Å². The molecule has 1 aromatic carbocycles. The molecule has 0 saturated carbocycles. The van der Waals surface area contributed by atoms with E-state index in [0.717, 1.165) is 6.07 Å². The molecular weight excluding hydrogens is 252 g/mol. The average molecular weight is 256 g/mol. The summed E-state index contributed by atoms with van der Waals surface area (Å²) in [5.41, 5.74) is -2.38. The van der Waals surface area contributed by atoms with Gasteiger partial charge in [0.05, 0.1) is 10.6 Å². The molecule has 1 aromatic rings. The number of carbonyl (C=O) groups excluding carboxylic acids is 1. The van der Waals surface area contributed by atoms with Crippen LogP contribution in [-0.4, -0.2) is 5.97 Å². The normalized spacial score (nSPS) is 11.6. The van der Waals surface area contributed by atoms with Crippen LogP contribution < -0.4 is 5.11 Å². The molecule has 2 nitrogen and oxygen atoms in total. The number of carboxylic acid groups (broad SMARTS) is 1. The van der Waals surface area contributed by atoms with Crippen LogP contribution in [0.5, 0.6) is 0 Å². The summed E-state index contributed by atoms with van der Waals surface area (Å²) in [6.07, 6.45) is -6.02.